The molecule has 1 heterocycles. The molecule has 2 aromatic carbocycles. The first-order valence-electron chi connectivity index (χ1n) is 9.71. The van der Waals surface area contributed by atoms with E-state index >= 15 is 0 Å². The molecule has 150 valence electrons. The second-order valence-electron chi connectivity index (χ2n) is 7.22. The number of anilines is 1. The van der Waals surface area contributed by atoms with Gasteiger partial charge < -0.3 is 10.6 Å². The number of carbonyl (C=O) groups is 1. The topological polar surface area (TPSA) is 76.0 Å². The zero-order chi connectivity index (χ0) is 20.2. The number of nitrogens with one attached hydrogen (secondary N) is 2. The number of aryl methyl sites for hydroxylation is 1. The lowest BCUT2D eigenvalue weighted by atomic mass is 9.93. The Balaban J connectivity index is 1.39. The van der Waals surface area contributed by atoms with Crippen LogP contribution in [0.3, 0.4) is 0 Å². The number of nitrogens with zero attached hydrogens (tertiary/aromatic N) is 2. The van der Waals surface area contributed by atoms with Crippen LogP contribution in [-0.4, -0.2) is 20.0 Å². The second kappa shape index (κ2) is 8.61. The van der Waals surface area contributed by atoms with Gasteiger partial charge in [0, 0.05) is 28.9 Å². The molecule has 0 bridgehead atoms. The van der Waals surface area contributed by atoms with Crippen LogP contribution in [0.1, 0.15) is 35.7 Å². The first kappa shape index (κ1) is 19.4. The summed E-state index contributed by atoms with van der Waals surface area (Å²) in [6.07, 6.45) is 4.77. The van der Waals surface area contributed by atoms with E-state index in [2.05, 4.69) is 15.7 Å². The Hall–Kier alpha value is -2.93. The van der Waals surface area contributed by atoms with Gasteiger partial charge in [0.25, 0.3) is 0 Å². The largest absolute Gasteiger partial charge is 0.331 e. The highest BCUT2D eigenvalue weighted by Crippen LogP contribution is 2.29. The van der Waals surface area contributed by atoms with Crippen LogP contribution in [0.4, 0.5) is 10.5 Å². The van der Waals surface area contributed by atoms with Gasteiger partial charge >= 0.3 is 6.03 Å². The van der Waals surface area contributed by atoms with E-state index in [0.29, 0.717) is 11.4 Å². The molecule has 2 atom stereocenters. The summed E-state index contributed by atoms with van der Waals surface area (Å²) in [7, 11) is 0.816. The molecule has 2 amide bonds. The number of hydrogen-bond donors (Lipinski definition) is 2. The number of hydrogen-bond acceptors (Lipinski definition) is 3. The first-order chi connectivity index (χ1) is 14.1. The third-order valence-corrected chi connectivity index (χ3v) is 6.56. The molecular weight excluding hydrogens is 384 g/mol. The minimum Gasteiger partial charge on any atom is -0.331 e. The van der Waals surface area contributed by atoms with Crippen LogP contribution in [-0.2, 0) is 30.0 Å². The summed E-state index contributed by atoms with van der Waals surface area (Å²) in [6.45, 7) is 0. The van der Waals surface area contributed by atoms with Crippen molar-refractivity contribution in [1.29, 1.82) is 0 Å². The van der Waals surface area contributed by atoms with E-state index in [1.165, 1.54) is 5.69 Å². The van der Waals surface area contributed by atoms with Gasteiger partial charge in [-0.05, 0) is 49.1 Å². The Morgan fingerprint density at radius 1 is 1.21 bits per heavy atom. The molecule has 0 spiro atoms. The van der Waals surface area contributed by atoms with Gasteiger partial charge in [-0.1, -0.05) is 30.3 Å². The van der Waals surface area contributed by atoms with Gasteiger partial charge in [-0.2, -0.15) is 5.10 Å². The van der Waals surface area contributed by atoms with Gasteiger partial charge in [0.15, 0.2) is 0 Å². The van der Waals surface area contributed by atoms with Crippen molar-refractivity contribution in [3.05, 3.63) is 77.6 Å². The van der Waals surface area contributed by atoms with Gasteiger partial charge in [0.1, 0.15) is 0 Å². The van der Waals surface area contributed by atoms with E-state index in [1.54, 1.807) is 0 Å². The molecule has 1 aliphatic rings. The van der Waals surface area contributed by atoms with E-state index < -0.39 is 10.8 Å². The molecule has 1 aromatic heterocycles. The Labute approximate surface area is 172 Å². The zero-order valence-electron chi connectivity index (χ0n) is 16.3. The van der Waals surface area contributed by atoms with Crippen molar-refractivity contribution < 1.29 is 9.00 Å². The third-order valence-electron chi connectivity index (χ3n) is 5.17. The number of fused-ring (bicyclic) bond motifs is 1. The molecule has 3 aromatic rings. The summed E-state index contributed by atoms with van der Waals surface area (Å²) in [4.78, 5) is 13.3. The van der Waals surface area contributed by atoms with Gasteiger partial charge in [-0.15, -0.1) is 0 Å². The van der Waals surface area contributed by atoms with Gasteiger partial charge in [0.2, 0.25) is 0 Å². The molecule has 0 aliphatic heterocycles. The average molecular weight is 409 g/mol. The van der Waals surface area contributed by atoms with Gasteiger partial charge in [-0.25, -0.2) is 4.79 Å². The monoisotopic (exact) mass is 408 g/mol. The van der Waals surface area contributed by atoms with Gasteiger partial charge in [-0.3, -0.25) is 8.89 Å². The predicted octanol–water partition coefficient (Wildman–Crippen LogP) is 3.93. The van der Waals surface area contributed by atoms with Crippen LogP contribution < -0.4 is 10.6 Å². The molecule has 2 N–H and O–H groups in total. The summed E-state index contributed by atoms with van der Waals surface area (Å²) in [5, 5.41) is 10.3. The number of benzene rings is 2. The van der Waals surface area contributed by atoms with Crippen molar-refractivity contribution >= 4 is 22.5 Å². The number of aromatic nitrogens is 2. The molecule has 4 rings (SSSR count). The van der Waals surface area contributed by atoms with Crippen LogP contribution in [0, 0.1) is 0 Å². The van der Waals surface area contributed by atoms with Gasteiger partial charge in [0.05, 0.1) is 28.8 Å². The highest BCUT2D eigenvalue weighted by Gasteiger charge is 2.24. The van der Waals surface area contributed by atoms with Crippen molar-refractivity contribution in [2.45, 2.75) is 36.0 Å². The second-order valence-corrected chi connectivity index (χ2v) is 8.67. The molecule has 1 aliphatic carbocycles. The smallest absolute Gasteiger partial charge is 0.319 e. The maximum absolute atomic E-state index is 12.5. The van der Waals surface area contributed by atoms with Crippen molar-refractivity contribution in [2.24, 2.45) is 7.05 Å². The Morgan fingerprint density at radius 3 is 2.86 bits per heavy atom. The van der Waals surface area contributed by atoms with E-state index in [0.717, 1.165) is 35.3 Å². The highest BCUT2D eigenvalue weighted by molar-refractivity contribution is 7.84. The lowest BCUT2D eigenvalue weighted by molar-refractivity contribution is 0.247. The quantitative estimate of drug-likeness (QED) is 0.672. The summed E-state index contributed by atoms with van der Waals surface area (Å²) < 4.78 is 14.4. The number of carbonyl (C=O) groups excluding carboxylic acids is 1. The van der Waals surface area contributed by atoms with Crippen LogP contribution >= 0.6 is 0 Å². The van der Waals surface area contributed by atoms with Crippen LogP contribution in [0.5, 0.6) is 0 Å². The summed E-state index contributed by atoms with van der Waals surface area (Å²) >= 11 is 0. The Bertz CT molecular complexity index is 1030. The standard InChI is InChI=1S/C22H24N4O2S/c1-26-21-12-6-11-20(19(21)14-23-26)25-22(27)24-17-8-5-7-16(13-17)15-29(28)18-9-3-2-4-10-18/h2-5,7-10,13-14,20H,6,11-12,15H2,1H3,(H2,24,25,27). The summed E-state index contributed by atoms with van der Waals surface area (Å²) in [5.74, 6) is 0.406. The van der Waals surface area contributed by atoms with Crippen molar-refractivity contribution in [3.8, 4) is 0 Å². The lowest BCUT2D eigenvalue weighted by Crippen LogP contribution is -2.34. The zero-order valence-corrected chi connectivity index (χ0v) is 17.1. The predicted molar refractivity (Wildman–Crippen MR) is 114 cm³/mol. The maximum Gasteiger partial charge on any atom is 0.319 e. The molecule has 7 heteroatoms. The van der Waals surface area contributed by atoms with E-state index in [9.17, 15) is 9.00 Å². The fraction of sp³-hybridized carbons (Fsp3) is 0.273. The van der Waals surface area contributed by atoms with E-state index in [4.69, 9.17) is 0 Å². The lowest BCUT2D eigenvalue weighted by Gasteiger charge is -2.24. The van der Waals surface area contributed by atoms with Crippen LogP contribution in [0.2, 0.25) is 0 Å². The first-order valence-corrected chi connectivity index (χ1v) is 11.0. The molecule has 0 fully saturated rings. The molecular formula is C22H24N4O2S. The average Bonchev–Trinajstić information content (AvgIpc) is 3.11. The fourth-order valence-corrected chi connectivity index (χ4v) is 4.84. The van der Waals surface area contributed by atoms with Crippen LogP contribution in [0.15, 0.2) is 65.7 Å². The Kier molecular flexibility index (Phi) is 5.76. The minimum atomic E-state index is -1.12. The highest BCUT2D eigenvalue weighted by atomic mass is 32.2. The Morgan fingerprint density at radius 2 is 2.03 bits per heavy atom. The SMILES string of the molecule is Cn1ncc2c1CCCC2NC(=O)Nc1cccc(CS(=O)c2ccccc2)c1. The van der Waals surface area contributed by atoms with Crippen molar-refractivity contribution in [3.63, 3.8) is 0 Å². The maximum atomic E-state index is 12.5. The summed E-state index contributed by atoms with van der Waals surface area (Å²) in [5.41, 5.74) is 3.89. The molecule has 2 unspecified atom stereocenters. The van der Waals surface area contributed by atoms with Crippen LogP contribution in [0.25, 0.3) is 0 Å². The van der Waals surface area contributed by atoms with Crippen molar-refractivity contribution in [1.82, 2.24) is 15.1 Å². The molecule has 6 nitrogen and oxygen atoms in total. The fourth-order valence-electron chi connectivity index (χ4n) is 3.73. The number of urea groups is 1. The minimum absolute atomic E-state index is 0.0267. The number of amides is 2. The van der Waals surface area contributed by atoms with Crippen molar-refractivity contribution in [2.75, 3.05) is 5.32 Å². The molecule has 29 heavy (non-hydrogen) atoms. The van der Waals surface area contributed by atoms with E-state index in [-0.39, 0.29) is 12.1 Å². The molecule has 0 saturated heterocycles. The molecule has 0 radical (unpaired) electrons. The number of rotatable bonds is 5. The normalized spacial score (nSPS) is 16.7. The molecule has 0 saturated carbocycles. The van der Waals surface area contributed by atoms with E-state index in [1.807, 2.05) is 72.5 Å². The summed E-state index contributed by atoms with van der Waals surface area (Å²) in [6, 6.07) is 16.6. The third kappa shape index (κ3) is 4.56.